The lowest BCUT2D eigenvalue weighted by Gasteiger charge is -2.47. The fraction of sp³-hybridized carbons (Fsp3) is 0.929. The van der Waals surface area contributed by atoms with Gasteiger partial charge in [0.15, 0.2) is 0 Å². The lowest BCUT2D eigenvalue weighted by molar-refractivity contribution is -0.127. The van der Waals surface area contributed by atoms with Gasteiger partial charge in [0.05, 0.1) is 12.1 Å². The highest BCUT2D eigenvalue weighted by Crippen LogP contribution is 2.39. The molecular formula is C14H26N2O2. The van der Waals surface area contributed by atoms with E-state index in [-0.39, 0.29) is 11.9 Å². The van der Waals surface area contributed by atoms with Gasteiger partial charge in [-0.1, -0.05) is 12.8 Å². The number of carbonyl (C=O) groups excluding carboxylic acids is 1. The van der Waals surface area contributed by atoms with Crippen molar-refractivity contribution in [1.82, 2.24) is 10.2 Å². The summed E-state index contributed by atoms with van der Waals surface area (Å²) in [6.07, 6.45) is 5.26. The molecule has 2 N–H and O–H groups in total. The van der Waals surface area contributed by atoms with Crippen LogP contribution in [-0.2, 0) is 4.79 Å². The molecule has 0 aromatic rings. The Balaban J connectivity index is 1.85. The number of likely N-dealkylation sites (tertiary alicyclic amines) is 1. The summed E-state index contributed by atoms with van der Waals surface area (Å²) in [6.45, 7) is 6.16. The topological polar surface area (TPSA) is 52.6 Å². The molecule has 2 rings (SSSR count). The number of nitrogens with one attached hydrogen (secondary N) is 1. The van der Waals surface area contributed by atoms with E-state index in [9.17, 15) is 9.90 Å². The number of rotatable bonds is 3. The summed E-state index contributed by atoms with van der Waals surface area (Å²) in [6, 6.07) is 0.203. The number of carbonyl (C=O) groups is 1. The zero-order chi connectivity index (χ0) is 13.2. The zero-order valence-corrected chi connectivity index (χ0v) is 11.6. The van der Waals surface area contributed by atoms with Crippen LogP contribution in [0.3, 0.4) is 0 Å². The average molecular weight is 254 g/mol. The molecule has 1 saturated heterocycles. The van der Waals surface area contributed by atoms with Crippen LogP contribution < -0.4 is 5.32 Å². The third-order valence-electron chi connectivity index (χ3n) is 4.33. The van der Waals surface area contributed by atoms with Crippen LogP contribution >= 0.6 is 0 Å². The van der Waals surface area contributed by atoms with Crippen LogP contribution in [0.25, 0.3) is 0 Å². The summed E-state index contributed by atoms with van der Waals surface area (Å²) in [5.74, 6) is 0.470. The summed E-state index contributed by atoms with van der Waals surface area (Å²) in [7, 11) is 0. The number of hydrogen-bond acceptors (Lipinski definition) is 3. The Morgan fingerprint density at radius 3 is 2.94 bits per heavy atom. The molecule has 0 aromatic carbocycles. The molecule has 1 amide bonds. The average Bonchev–Trinajstić information content (AvgIpc) is 2.28. The molecule has 2 fully saturated rings. The normalized spacial score (nSPS) is 33.2. The molecule has 0 bridgehead atoms. The molecule has 1 saturated carbocycles. The number of piperidine rings is 1. The first-order valence-electron chi connectivity index (χ1n) is 7.24. The highest BCUT2D eigenvalue weighted by atomic mass is 16.3. The second-order valence-electron chi connectivity index (χ2n) is 6.25. The van der Waals surface area contributed by atoms with Gasteiger partial charge in [-0.15, -0.1) is 0 Å². The molecule has 0 radical (unpaired) electrons. The van der Waals surface area contributed by atoms with Crippen molar-refractivity contribution in [2.75, 3.05) is 19.6 Å². The van der Waals surface area contributed by atoms with Crippen molar-refractivity contribution in [3.8, 4) is 0 Å². The molecule has 1 aliphatic heterocycles. The van der Waals surface area contributed by atoms with Gasteiger partial charge in [-0.25, -0.2) is 0 Å². The first kappa shape index (κ1) is 13.8. The van der Waals surface area contributed by atoms with Gasteiger partial charge >= 0.3 is 0 Å². The van der Waals surface area contributed by atoms with Crippen molar-refractivity contribution in [1.29, 1.82) is 0 Å². The summed E-state index contributed by atoms with van der Waals surface area (Å²) in [4.78, 5) is 13.9. The predicted molar refractivity (Wildman–Crippen MR) is 71.2 cm³/mol. The van der Waals surface area contributed by atoms with Crippen LogP contribution in [0.2, 0.25) is 0 Å². The maximum atomic E-state index is 11.7. The van der Waals surface area contributed by atoms with Crippen LogP contribution in [-0.4, -0.2) is 47.2 Å². The van der Waals surface area contributed by atoms with Crippen molar-refractivity contribution in [3.05, 3.63) is 0 Å². The van der Waals surface area contributed by atoms with Gasteiger partial charge in [0.1, 0.15) is 0 Å². The first-order valence-corrected chi connectivity index (χ1v) is 7.24. The highest BCUT2D eigenvalue weighted by Gasteiger charge is 2.42. The maximum Gasteiger partial charge on any atom is 0.234 e. The van der Waals surface area contributed by atoms with E-state index >= 15 is 0 Å². The van der Waals surface area contributed by atoms with Crippen molar-refractivity contribution < 1.29 is 9.90 Å². The Kier molecular flexibility index (Phi) is 4.28. The molecule has 4 nitrogen and oxygen atoms in total. The minimum atomic E-state index is -0.441. The lowest BCUT2D eigenvalue weighted by Crippen LogP contribution is -2.55. The predicted octanol–water partition coefficient (Wildman–Crippen LogP) is 1.14. The standard InChI is InChI=1S/C14H26N2O2/c1-11(2)15-13(17)10-16-8-7-14(18)6-4-3-5-12(14)9-16/h11-12,18H,3-10H2,1-2H3,(H,15,17). The minimum Gasteiger partial charge on any atom is -0.390 e. The Labute approximate surface area is 110 Å². The van der Waals surface area contributed by atoms with Crippen LogP contribution in [0.5, 0.6) is 0 Å². The number of aliphatic hydroxyl groups is 1. The van der Waals surface area contributed by atoms with E-state index in [1.54, 1.807) is 0 Å². The second kappa shape index (κ2) is 5.57. The van der Waals surface area contributed by atoms with Gasteiger partial charge in [-0.05, 0) is 33.1 Å². The Hall–Kier alpha value is -0.610. The smallest absolute Gasteiger partial charge is 0.234 e. The molecule has 104 valence electrons. The molecule has 18 heavy (non-hydrogen) atoms. The third-order valence-corrected chi connectivity index (χ3v) is 4.33. The van der Waals surface area contributed by atoms with E-state index in [2.05, 4.69) is 10.2 Å². The Bertz CT molecular complexity index is 306. The van der Waals surface area contributed by atoms with Crippen molar-refractivity contribution in [3.63, 3.8) is 0 Å². The maximum absolute atomic E-state index is 11.7. The molecule has 2 unspecified atom stereocenters. The van der Waals surface area contributed by atoms with E-state index in [0.29, 0.717) is 12.5 Å². The van der Waals surface area contributed by atoms with Gasteiger partial charge in [0.2, 0.25) is 5.91 Å². The van der Waals surface area contributed by atoms with E-state index < -0.39 is 5.60 Å². The monoisotopic (exact) mass is 254 g/mol. The summed E-state index contributed by atoms with van der Waals surface area (Å²) in [5, 5.41) is 13.5. The van der Waals surface area contributed by atoms with Crippen LogP contribution in [0.15, 0.2) is 0 Å². The molecule has 1 heterocycles. The second-order valence-corrected chi connectivity index (χ2v) is 6.25. The number of hydrogen-bond donors (Lipinski definition) is 2. The summed E-state index contributed by atoms with van der Waals surface area (Å²) >= 11 is 0. The first-order chi connectivity index (χ1) is 8.49. The van der Waals surface area contributed by atoms with Crippen molar-refractivity contribution >= 4 is 5.91 Å². The minimum absolute atomic E-state index is 0.103. The fourth-order valence-corrected chi connectivity index (χ4v) is 3.35. The van der Waals surface area contributed by atoms with E-state index in [0.717, 1.165) is 38.8 Å². The summed E-state index contributed by atoms with van der Waals surface area (Å²) < 4.78 is 0. The molecule has 2 aliphatic rings. The largest absolute Gasteiger partial charge is 0.390 e. The molecule has 2 atom stereocenters. The molecule has 0 spiro atoms. The van der Waals surface area contributed by atoms with Gasteiger partial charge in [0.25, 0.3) is 0 Å². The SMILES string of the molecule is CC(C)NC(=O)CN1CCC2(O)CCCCC2C1. The van der Waals surface area contributed by atoms with Gasteiger partial charge in [-0.2, -0.15) is 0 Å². The Morgan fingerprint density at radius 2 is 2.22 bits per heavy atom. The number of fused-ring (bicyclic) bond motifs is 1. The van der Waals surface area contributed by atoms with Crippen molar-refractivity contribution in [2.45, 2.75) is 57.6 Å². The van der Waals surface area contributed by atoms with E-state index in [1.165, 1.54) is 6.42 Å². The lowest BCUT2D eigenvalue weighted by atomic mass is 9.71. The molecular weight excluding hydrogens is 228 g/mol. The van der Waals surface area contributed by atoms with Crippen LogP contribution in [0.1, 0.15) is 46.0 Å². The third kappa shape index (κ3) is 3.23. The fourth-order valence-electron chi connectivity index (χ4n) is 3.35. The van der Waals surface area contributed by atoms with Crippen LogP contribution in [0.4, 0.5) is 0 Å². The number of nitrogens with zero attached hydrogens (tertiary/aromatic N) is 1. The van der Waals surface area contributed by atoms with Gasteiger partial charge < -0.3 is 10.4 Å². The summed E-state index contributed by atoms with van der Waals surface area (Å²) in [5.41, 5.74) is -0.441. The number of amides is 1. The highest BCUT2D eigenvalue weighted by molar-refractivity contribution is 5.78. The molecule has 0 aromatic heterocycles. The van der Waals surface area contributed by atoms with Gasteiger partial charge in [-0.3, -0.25) is 9.69 Å². The van der Waals surface area contributed by atoms with E-state index in [1.807, 2.05) is 13.8 Å². The Morgan fingerprint density at radius 1 is 1.44 bits per heavy atom. The molecule has 4 heteroatoms. The quantitative estimate of drug-likeness (QED) is 0.794. The zero-order valence-electron chi connectivity index (χ0n) is 11.6. The molecule has 1 aliphatic carbocycles. The van der Waals surface area contributed by atoms with Gasteiger partial charge in [0, 0.05) is 25.0 Å². The van der Waals surface area contributed by atoms with Crippen LogP contribution in [0, 0.1) is 5.92 Å². The van der Waals surface area contributed by atoms with E-state index in [4.69, 9.17) is 0 Å². The van der Waals surface area contributed by atoms with Crippen molar-refractivity contribution in [2.24, 2.45) is 5.92 Å².